The van der Waals surface area contributed by atoms with E-state index in [0.717, 1.165) is 25.2 Å². The molecule has 5 aliphatic rings. The minimum Gasteiger partial charge on any atom is -0.357 e. The molecule has 0 aromatic rings. The van der Waals surface area contributed by atoms with E-state index < -0.39 is 0 Å². The first kappa shape index (κ1) is 15.5. The van der Waals surface area contributed by atoms with Crippen LogP contribution in [-0.2, 0) is 14.3 Å². The summed E-state index contributed by atoms with van der Waals surface area (Å²) < 4.78 is 6.13. The van der Waals surface area contributed by atoms with Gasteiger partial charge in [-0.25, -0.2) is 0 Å². The van der Waals surface area contributed by atoms with Gasteiger partial charge >= 0.3 is 0 Å². The fourth-order valence-electron chi connectivity index (χ4n) is 8.17. The summed E-state index contributed by atoms with van der Waals surface area (Å²) in [6, 6.07) is 0. The molecule has 0 aromatic heterocycles. The molecule has 0 aromatic carbocycles. The molecule has 1 aliphatic heterocycles. The molecule has 0 amide bonds. The van der Waals surface area contributed by atoms with Gasteiger partial charge in [0, 0.05) is 17.8 Å². The van der Waals surface area contributed by atoms with Crippen molar-refractivity contribution in [2.75, 3.05) is 0 Å². The molecule has 0 N–H and O–H groups in total. The third kappa shape index (κ3) is 1.59. The molecule has 3 heteroatoms. The van der Waals surface area contributed by atoms with Gasteiger partial charge in [-0.05, 0) is 75.0 Å². The highest BCUT2D eigenvalue weighted by molar-refractivity contribution is 5.88. The highest BCUT2D eigenvalue weighted by Gasteiger charge is 2.76. The van der Waals surface area contributed by atoms with Gasteiger partial charge in [-0.3, -0.25) is 9.59 Å². The van der Waals surface area contributed by atoms with Crippen LogP contribution in [0.25, 0.3) is 0 Å². The van der Waals surface area contributed by atoms with Crippen LogP contribution < -0.4 is 0 Å². The molecule has 8 atom stereocenters. The Labute approximate surface area is 144 Å². The van der Waals surface area contributed by atoms with E-state index in [0.29, 0.717) is 29.8 Å². The Bertz CT molecular complexity index is 627. The molecule has 0 bridgehead atoms. The van der Waals surface area contributed by atoms with E-state index in [9.17, 15) is 9.59 Å². The van der Waals surface area contributed by atoms with E-state index in [4.69, 9.17) is 4.74 Å². The average Bonchev–Trinajstić information content (AvgIpc) is 3.17. The Balaban J connectivity index is 1.49. The molecule has 24 heavy (non-hydrogen) atoms. The summed E-state index contributed by atoms with van der Waals surface area (Å²) in [5.74, 6) is 3.17. The predicted molar refractivity (Wildman–Crippen MR) is 90.4 cm³/mol. The van der Waals surface area contributed by atoms with Crippen LogP contribution in [-0.4, -0.2) is 23.3 Å². The third-order valence-corrected chi connectivity index (χ3v) is 9.44. The molecule has 1 heterocycles. The zero-order valence-electron chi connectivity index (χ0n) is 15.3. The molecule has 5 rings (SSSR count). The van der Waals surface area contributed by atoms with Crippen molar-refractivity contribution in [2.24, 2.45) is 34.5 Å². The molecular formula is C21H30O3. The second-order valence-electron chi connectivity index (χ2n) is 9.97. The van der Waals surface area contributed by atoms with Gasteiger partial charge in [-0.1, -0.05) is 13.8 Å². The number of carbonyl (C=O) groups excluding carboxylic acids is 2. The highest BCUT2D eigenvalue weighted by Crippen LogP contribution is 2.72. The molecule has 4 aliphatic carbocycles. The second-order valence-corrected chi connectivity index (χ2v) is 9.97. The Morgan fingerprint density at radius 1 is 1.04 bits per heavy atom. The zero-order chi connectivity index (χ0) is 16.9. The molecule has 4 saturated carbocycles. The first-order valence-electron chi connectivity index (χ1n) is 10.0. The minimum atomic E-state index is -0.115. The second kappa shape index (κ2) is 4.52. The maximum absolute atomic E-state index is 12.2. The number of Topliss-reactive ketones (excluding diaryl/α,β-unsaturated/α-hetero) is 2. The fourth-order valence-corrected chi connectivity index (χ4v) is 8.17. The SMILES string of the molecule is CC(=O)[C@H]1CC[C@H]2[C@@H]3CCC45OC4C(=O)CC[C@]5(C)[C@H]3CC[C@]12C. The summed E-state index contributed by atoms with van der Waals surface area (Å²) in [4.78, 5) is 24.4. The van der Waals surface area contributed by atoms with Crippen molar-refractivity contribution in [2.45, 2.75) is 83.8 Å². The first-order valence-corrected chi connectivity index (χ1v) is 10.0. The summed E-state index contributed by atoms with van der Waals surface area (Å²) in [7, 11) is 0. The maximum Gasteiger partial charge on any atom is 0.164 e. The van der Waals surface area contributed by atoms with Crippen LogP contribution in [0.1, 0.15) is 72.1 Å². The Hall–Kier alpha value is -0.700. The van der Waals surface area contributed by atoms with Crippen LogP contribution >= 0.6 is 0 Å². The molecule has 1 saturated heterocycles. The summed E-state index contributed by atoms with van der Waals surface area (Å²) >= 11 is 0. The number of rotatable bonds is 1. The number of hydrogen-bond acceptors (Lipinski definition) is 3. The third-order valence-electron chi connectivity index (χ3n) is 9.44. The Morgan fingerprint density at radius 3 is 2.58 bits per heavy atom. The first-order chi connectivity index (χ1) is 11.3. The lowest BCUT2D eigenvalue weighted by Crippen LogP contribution is -2.58. The van der Waals surface area contributed by atoms with Crippen LogP contribution in [0.5, 0.6) is 0 Å². The normalized spacial score (nSPS) is 58.3. The van der Waals surface area contributed by atoms with E-state index in [1.807, 2.05) is 0 Å². The molecular weight excluding hydrogens is 300 g/mol. The number of ketones is 2. The molecule has 5 fully saturated rings. The summed E-state index contributed by atoms with van der Waals surface area (Å²) in [6.07, 6.45) is 8.66. The van der Waals surface area contributed by atoms with Gasteiger partial charge in [-0.2, -0.15) is 0 Å². The van der Waals surface area contributed by atoms with E-state index in [1.54, 1.807) is 6.92 Å². The smallest absolute Gasteiger partial charge is 0.164 e. The van der Waals surface area contributed by atoms with E-state index in [2.05, 4.69) is 13.8 Å². The molecule has 132 valence electrons. The number of hydrogen-bond donors (Lipinski definition) is 0. The van der Waals surface area contributed by atoms with E-state index in [1.165, 1.54) is 25.7 Å². The van der Waals surface area contributed by atoms with Gasteiger partial charge in [0.15, 0.2) is 5.78 Å². The van der Waals surface area contributed by atoms with Gasteiger partial charge in [-0.15, -0.1) is 0 Å². The summed E-state index contributed by atoms with van der Waals surface area (Å²) in [5, 5.41) is 0. The molecule has 1 spiro atoms. The fraction of sp³-hybridized carbons (Fsp3) is 0.905. The van der Waals surface area contributed by atoms with Gasteiger partial charge in [0.1, 0.15) is 17.5 Å². The van der Waals surface area contributed by atoms with Crippen LogP contribution in [0.15, 0.2) is 0 Å². The van der Waals surface area contributed by atoms with Gasteiger partial charge in [0.05, 0.1) is 0 Å². The maximum atomic E-state index is 12.2. The van der Waals surface area contributed by atoms with Gasteiger partial charge in [0.2, 0.25) is 0 Å². The highest BCUT2D eigenvalue weighted by atomic mass is 16.6. The predicted octanol–water partition coefficient (Wildman–Crippen LogP) is 3.93. The Kier molecular flexibility index (Phi) is 2.93. The van der Waals surface area contributed by atoms with Crippen LogP contribution in [0.2, 0.25) is 0 Å². The van der Waals surface area contributed by atoms with Crippen LogP contribution in [0.3, 0.4) is 0 Å². The van der Waals surface area contributed by atoms with E-state index in [-0.39, 0.29) is 28.5 Å². The van der Waals surface area contributed by atoms with Crippen molar-refractivity contribution in [3.8, 4) is 0 Å². The zero-order valence-corrected chi connectivity index (χ0v) is 15.3. The van der Waals surface area contributed by atoms with Crippen molar-refractivity contribution in [3.63, 3.8) is 0 Å². The number of carbonyl (C=O) groups is 2. The van der Waals surface area contributed by atoms with Crippen molar-refractivity contribution < 1.29 is 14.3 Å². The van der Waals surface area contributed by atoms with E-state index >= 15 is 0 Å². The quantitative estimate of drug-likeness (QED) is 0.684. The lowest BCUT2D eigenvalue weighted by Gasteiger charge is -2.59. The molecule has 3 nitrogen and oxygen atoms in total. The van der Waals surface area contributed by atoms with Gasteiger partial charge in [0.25, 0.3) is 0 Å². The summed E-state index contributed by atoms with van der Waals surface area (Å²) in [5.41, 5.74) is 0.294. The van der Waals surface area contributed by atoms with Gasteiger partial charge < -0.3 is 4.74 Å². The lowest BCUT2D eigenvalue weighted by molar-refractivity contribution is -0.137. The van der Waals surface area contributed by atoms with Crippen molar-refractivity contribution >= 4 is 11.6 Å². The lowest BCUT2D eigenvalue weighted by atomic mass is 9.44. The van der Waals surface area contributed by atoms with Crippen molar-refractivity contribution in [3.05, 3.63) is 0 Å². The molecule has 2 unspecified atom stereocenters. The number of ether oxygens (including phenoxy) is 1. The van der Waals surface area contributed by atoms with Crippen LogP contribution in [0.4, 0.5) is 0 Å². The van der Waals surface area contributed by atoms with Crippen molar-refractivity contribution in [1.29, 1.82) is 0 Å². The van der Waals surface area contributed by atoms with Crippen LogP contribution in [0, 0.1) is 34.5 Å². The largest absolute Gasteiger partial charge is 0.357 e. The average molecular weight is 330 g/mol. The summed E-state index contributed by atoms with van der Waals surface area (Å²) in [6.45, 7) is 6.63. The minimum absolute atomic E-state index is 0.0842. The Morgan fingerprint density at radius 2 is 1.83 bits per heavy atom. The monoisotopic (exact) mass is 330 g/mol. The standard InChI is InChI=1S/C21H30O3/c1-12(22)14-4-5-15-13-6-11-21-18(24-21)17(23)8-10-20(21,3)16(13)7-9-19(14,15)2/h13-16,18H,4-11H2,1-3H3/t13-,14+,15-,16-,18?,19+,20+,21?/m0/s1. The molecule has 0 radical (unpaired) electrons. The number of fused-ring (bicyclic) bond motifs is 4. The van der Waals surface area contributed by atoms with Crippen molar-refractivity contribution in [1.82, 2.24) is 0 Å². The topological polar surface area (TPSA) is 46.7 Å². The number of epoxide rings is 1.